The van der Waals surface area contributed by atoms with Crippen LogP contribution < -0.4 is 5.32 Å². The molecule has 1 aliphatic heterocycles. The molecule has 27 heavy (non-hydrogen) atoms. The molecular formula is C22H26ClNO3. The summed E-state index contributed by atoms with van der Waals surface area (Å²) in [6.45, 7) is 1.17. The van der Waals surface area contributed by atoms with Gasteiger partial charge in [-0.15, -0.1) is 12.4 Å². The van der Waals surface area contributed by atoms with Crippen LogP contribution in [0.15, 0.2) is 66.2 Å². The van der Waals surface area contributed by atoms with E-state index in [1.807, 2.05) is 12.1 Å². The Bertz CT molecular complexity index is 705. The number of piperidine rings is 1. The van der Waals surface area contributed by atoms with E-state index in [4.69, 9.17) is 9.84 Å². The third-order valence-electron chi connectivity index (χ3n) is 4.67. The minimum absolute atomic E-state index is 0. The molecule has 1 fully saturated rings. The predicted molar refractivity (Wildman–Crippen MR) is 110 cm³/mol. The van der Waals surface area contributed by atoms with Gasteiger partial charge < -0.3 is 15.2 Å². The zero-order valence-corrected chi connectivity index (χ0v) is 16.1. The molecule has 1 unspecified atom stereocenters. The van der Waals surface area contributed by atoms with Crippen molar-refractivity contribution >= 4 is 23.9 Å². The fourth-order valence-electron chi connectivity index (χ4n) is 3.50. The summed E-state index contributed by atoms with van der Waals surface area (Å²) in [5.41, 5.74) is 5.27. The molecule has 0 radical (unpaired) electrons. The average Bonchev–Trinajstić information content (AvgIpc) is 2.67. The molecule has 2 aromatic carbocycles. The summed E-state index contributed by atoms with van der Waals surface area (Å²) >= 11 is 0. The van der Waals surface area contributed by atoms with Crippen LogP contribution >= 0.6 is 12.4 Å². The summed E-state index contributed by atoms with van der Waals surface area (Å²) in [6, 6.07) is 21.4. The van der Waals surface area contributed by atoms with Crippen LogP contribution in [0.4, 0.5) is 0 Å². The maximum atomic E-state index is 10.6. The summed E-state index contributed by atoms with van der Waals surface area (Å²) in [7, 11) is 0. The Labute approximate surface area is 166 Å². The monoisotopic (exact) mass is 387 g/mol. The highest BCUT2D eigenvalue weighted by molar-refractivity contribution is 5.85. The molecule has 144 valence electrons. The molecule has 0 aromatic heterocycles. The molecule has 5 heteroatoms. The van der Waals surface area contributed by atoms with Crippen LogP contribution in [0.2, 0.25) is 0 Å². The number of halogens is 1. The molecule has 1 aliphatic rings. The van der Waals surface area contributed by atoms with Crippen LogP contribution in [0.25, 0.3) is 5.57 Å². The van der Waals surface area contributed by atoms with Crippen molar-refractivity contribution in [2.24, 2.45) is 0 Å². The van der Waals surface area contributed by atoms with Crippen molar-refractivity contribution in [2.45, 2.75) is 25.3 Å². The maximum Gasteiger partial charge on any atom is 0.329 e. The number of hydrogen-bond acceptors (Lipinski definition) is 3. The van der Waals surface area contributed by atoms with Crippen molar-refractivity contribution < 1.29 is 14.6 Å². The lowest BCUT2D eigenvalue weighted by Gasteiger charge is -2.28. The van der Waals surface area contributed by atoms with Gasteiger partial charge in [-0.2, -0.15) is 0 Å². The summed E-state index contributed by atoms with van der Waals surface area (Å²) in [5, 5.41) is 12.2. The topological polar surface area (TPSA) is 58.6 Å². The number of hydrogen-bond donors (Lipinski definition) is 2. The van der Waals surface area contributed by atoms with E-state index in [0.29, 0.717) is 12.6 Å². The van der Waals surface area contributed by atoms with E-state index in [0.717, 1.165) is 25.8 Å². The van der Waals surface area contributed by atoms with Crippen LogP contribution in [0.1, 0.15) is 30.4 Å². The lowest BCUT2D eigenvalue weighted by atomic mass is 9.86. The summed E-state index contributed by atoms with van der Waals surface area (Å²) in [4.78, 5) is 10.6. The van der Waals surface area contributed by atoms with Gasteiger partial charge >= 0.3 is 5.97 Å². The SMILES string of the molecule is Cl.O=C(O)COCCC1CC(=C(c2ccccc2)c2ccccc2)CCN1. The predicted octanol–water partition coefficient (Wildman–Crippen LogP) is 4.15. The molecular weight excluding hydrogens is 362 g/mol. The van der Waals surface area contributed by atoms with Crippen LogP contribution in [0.5, 0.6) is 0 Å². The number of rotatable bonds is 7. The van der Waals surface area contributed by atoms with Gasteiger partial charge in [0.2, 0.25) is 0 Å². The minimum atomic E-state index is -0.919. The normalized spacial score (nSPS) is 16.4. The Morgan fingerprint density at radius 1 is 1.04 bits per heavy atom. The van der Waals surface area contributed by atoms with Crippen LogP contribution in [-0.4, -0.2) is 36.9 Å². The van der Waals surface area contributed by atoms with E-state index < -0.39 is 5.97 Å². The second-order valence-corrected chi connectivity index (χ2v) is 6.55. The summed E-state index contributed by atoms with van der Waals surface area (Å²) in [6.07, 6.45) is 2.79. The van der Waals surface area contributed by atoms with Gasteiger partial charge in [0.15, 0.2) is 0 Å². The average molecular weight is 388 g/mol. The fraction of sp³-hybridized carbons (Fsp3) is 0.318. The fourth-order valence-corrected chi connectivity index (χ4v) is 3.50. The molecule has 0 amide bonds. The highest BCUT2D eigenvalue weighted by atomic mass is 35.5. The Balaban J connectivity index is 0.00000261. The highest BCUT2D eigenvalue weighted by Gasteiger charge is 2.20. The first-order valence-corrected chi connectivity index (χ1v) is 9.10. The molecule has 1 saturated heterocycles. The van der Waals surface area contributed by atoms with E-state index in [2.05, 4.69) is 53.8 Å². The largest absolute Gasteiger partial charge is 0.480 e. The molecule has 3 rings (SSSR count). The number of carboxylic acid groups (broad SMARTS) is 1. The molecule has 0 spiro atoms. The van der Waals surface area contributed by atoms with Crippen molar-refractivity contribution in [3.05, 3.63) is 77.4 Å². The molecule has 0 saturated carbocycles. The van der Waals surface area contributed by atoms with E-state index in [1.165, 1.54) is 22.3 Å². The minimum Gasteiger partial charge on any atom is -0.480 e. The van der Waals surface area contributed by atoms with E-state index in [1.54, 1.807) is 0 Å². The molecule has 1 heterocycles. The first-order valence-electron chi connectivity index (χ1n) is 9.10. The third kappa shape index (κ3) is 6.21. The van der Waals surface area contributed by atoms with Crippen LogP contribution in [0.3, 0.4) is 0 Å². The number of carboxylic acids is 1. The van der Waals surface area contributed by atoms with E-state index >= 15 is 0 Å². The molecule has 0 bridgehead atoms. The van der Waals surface area contributed by atoms with Gasteiger partial charge in [-0.05, 0) is 42.5 Å². The van der Waals surface area contributed by atoms with Crippen molar-refractivity contribution in [3.63, 3.8) is 0 Å². The Morgan fingerprint density at radius 2 is 1.63 bits per heavy atom. The van der Waals surface area contributed by atoms with Gasteiger partial charge in [-0.25, -0.2) is 4.79 Å². The Morgan fingerprint density at radius 3 is 2.19 bits per heavy atom. The zero-order chi connectivity index (χ0) is 18.2. The van der Waals surface area contributed by atoms with Gasteiger partial charge in [-0.1, -0.05) is 66.2 Å². The maximum absolute atomic E-state index is 10.6. The van der Waals surface area contributed by atoms with Gasteiger partial charge in [-0.3, -0.25) is 0 Å². The molecule has 4 nitrogen and oxygen atoms in total. The standard InChI is InChI=1S/C22H25NO3.ClH/c24-21(25)16-26-14-12-20-15-19(11-13-23-20)22(17-7-3-1-4-8-17)18-9-5-2-6-10-18;/h1-10,20,23H,11-16H2,(H,24,25);1H. The zero-order valence-electron chi connectivity index (χ0n) is 15.3. The smallest absolute Gasteiger partial charge is 0.329 e. The third-order valence-corrected chi connectivity index (χ3v) is 4.67. The van der Waals surface area contributed by atoms with Crippen molar-refractivity contribution in [1.82, 2.24) is 5.32 Å². The lowest BCUT2D eigenvalue weighted by Crippen LogP contribution is -2.36. The van der Waals surface area contributed by atoms with Gasteiger partial charge in [0.25, 0.3) is 0 Å². The lowest BCUT2D eigenvalue weighted by molar-refractivity contribution is -0.142. The van der Waals surface area contributed by atoms with Crippen LogP contribution in [-0.2, 0) is 9.53 Å². The number of aliphatic carboxylic acids is 1. The molecule has 2 aromatic rings. The molecule has 2 N–H and O–H groups in total. The van der Waals surface area contributed by atoms with Crippen molar-refractivity contribution in [1.29, 1.82) is 0 Å². The number of benzene rings is 2. The van der Waals surface area contributed by atoms with Gasteiger partial charge in [0, 0.05) is 12.6 Å². The van der Waals surface area contributed by atoms with Crippen molar-refractivity contribution in [2.75, 3.05) is 19.8 Å². The Hall–Kier alpha value is -2.14. The second kappa shape index (κ2) is 10.9. The quantitative estimate of drug-likeness (QED) is 0.700. The van der Waals surface area contributed by atoms with E-state index in [-0.39, 0.29) is 19.0 Å². The number of carbonyl (C=O) groups is 1. The Kier molecular flexibility index (Phi) is 8.52. The number of nitrogens with one attached hydrogen (secondary N) is 1. The molecule has 0 aliphatic carbocycles. The van der Waals surface area contributed by atoms with Gasteiger partial charge in [0.05, 0.1) is 0 Å². The van der Waals surface area contributed by atoms with E-state index in [9.17, 15) is 4.79 Å². The van der Waals surface area contributed by atoms with Crippen molar-refractivity contribution in [3.8, 4) is 0 Å². The highest BCUT2D eigenvalue weighted by Crippen LogP contribution is 2.32. The summed E-state index contributed by atoms with van der Waals surface area (Å²) < 4.78 is 5.21. The second-order valence-electron chi connectivity index (χ2n) is 6.55. The van der Waals surface area contributed by atoms with Crippen LogP contribution in [0, 0.1) is 0 Å². The first kappa shape index (κ1) is 21.2. The number of ether oxygens (including phenoxy) is 1. The first-order chi connectivity index (χ1) is 12.7. The molecule has 1 atom stereocenters. The summed E-state index contributed by atoms with van der Waals surface area (Å²) in [5.74, 6) is -0.919. The van der Waals surface area contributed by atoms with Gasteiger partial charge in [0.1, 0.15) is 6.61 Å².